The zero-order chi connectivity index (χ0) is 18.5. The molecule has 2 N–H and O–H groups in total. The van der Waals surface area contributed by atoms with Crippen LogP contribution in [0.2, 0.25) is 0 Å². The summed E-state index contributed by atoms with van der Waals surface area (Å²) in [5, 5.41) is 6.17. The lowest BCUT2D eigenvalue weighted by Gasteiger charge is -2.13. The first-order valence-electron chi connectivity index (χ1n) is 9.37. The summed E-state index contributed by atoms with van der Waals surface area (Å²) in [5.74, 6) is 2.03. The molecular weight excluding hydrogens is 342 g/mol. The molecule has 0 bridgehead atoms. The van der Waals surface area contributed by atoms with Gasteiger partial charge < -0.3 is 20.1 Å². The number of allylic oxidation sites excluding steroid dienone is 1. The van der Waals surface area contributed by atoms with Crippen molar-refractivity contribution in [2.45, 2.75) is 32.1 Å². The van der Waals surface area contributed by atoms with Gasteiger partial charge in [-0.3, -0.25) is 4.79 Å². The van der Waals surface area contributed by atoms with Crippen molar-refractivity contribution in [3.63, 3.8) is 0 Å². The van der Waals surface area contributed by atoms with Gasteiger partial charge in [-0.15, -0.1) is 0 Å². The van der Waals surface area contributed by atoms with Crippen molar-refractivity contribution < 1.29 is 14.3 Å². The number of benzene rings is 1. The van der Waals surface area contributed by atoms with E-state index in [1.807, 2.05) is 18.2 Å². The van der Waals surface area contributed by atoms with Crippen LogP contribution in [0, 0.1) is 0 Å². The maximum absolute atomic E-state index is 12.3. The second-order valence-electron chi connectivity index (χ2n) is 6.74. The number of aromatic nitrogens is 1. The molecule has 0 saturated carbocycles. The van der Waals surface area contributed by atoms with Crippen molar-refractivity contribution in [1.82, 2.24) is 10.3 Å². The van der Waals surface area contributed by atoms with Crippen molar-refractivity contribution in [3.8, 4) is 11.5 Å². The number of anilines is 2. The molecular formula is C21H23N3O3. The summed E-state index contributed by atoms with van der Waals surface area (Å²) in [4.78, 5) is 16.6. The highest BCUT2D eigenvalue weighted by Crippen LogP contribution is 2.34. The molecule has 2 aromatic rings. The number of carbonyl (C=O) groups excluding carboxylic acids is 1. The number of nitrogens with one attached hydrogen (secondary N) is 2. The van der Waals surface area contributed by atoms with Crippen LogP contribution in [-0.2, 0) is 0 Å². The lowest BCUT2D eigenvalue weighted by Crippen LogP contribution is -2.25. The van der Waals surface area contributed by atoms with E-state index in [0.29, 0.717) is 23.7 Å². The third-order valence-electron chi connectivity index (χ3n) is 4.79. The number of fused-ring (bicyclic) bond motifs is 1. The van der Waals surface area contributed by atoms with Crippen LogP contribution in [0.4, 0.5) is 11.5 Å². The van der Waals surface area contributed by atoms with E-state index in [0.717, 1.165) is 24.3 Å². The molecule has 1 amide bonds. The Kier molecular flexibility index (Phi) is 5.23. The molecule has 2 aliphatic rings. The van der Waals surface area contributed by atoms with Gasteiger partial charge in [0.05, 0.1) is 5.56 Å². The summed E-state index contributed by atoms with van der Waals surface area (Å²) in [6, 6.07) is 9.19. The van der Waals surface area contributed by atoms with Crippen molar-refractivity contribution in [2.24, 2.45) is 0 Å². The monoisotopic (exact) mass is 365 g/mol. The van der Waals surface area contributed by atoms with Crippen LogP contribution in [0.15, 0.2) is 48.2 Å². The lowest BCUT2D eigenvalue weighted by atomic mass is 9.97. The molecule has 1 aromatic heterocycles. The molecule has 4 rings (SSSR count). The van der Waals surface area contributed by atoms with Crippen molar-refractivity contribution in [1.29, 1.82) is 0 Å². The smallest absolute Gasteiger partial charge is 0.252 e. The lowest BCUT2D eigenvalue weighted by molar-refractivity contribution is 0.0953. The molecule has 0 saturated heterocycles. The predicted octanol–water partition coefficient (Wildman–Crippen LogP) is 4.17. The Bertz CT molecular complexity index is 846. The van der Waals surface area contributed by atoms with E-state index in [-0.39, 0.29) is 12.7 Å². The quantitative estimate of drug-likeness (QED) is 0.752. The molecule has 1 aliphatic heterocycles. The molecule has 1 aliphatic carbocycles. The standard InChI is InChI=1S/C21H23N3O3/c25-21(22-11-10-15-4-2-1-3-5-15)16-6-9-20(23-13-16)24-17-7-8-18-19(12-17)27-14-26-18/h4,6-9,12-13H,1-3,5,10-11,14H2,(H,22,25)(H,23,24). The van der Waals surface area contributed by atoms with Crippen LogP contribution in [-0.4, -0.2) is 24.2 Å². The Morgan fingerprint density at radius 1 is 1.11 bits per heavy atom. The highest BCUT2D eigenvalue weighted by Gasteiger charge is 2.13. The van der Waals surface area contributed by atoms with Crippen LogP contribution >= 0.6 is 0 Å². The summed E-state index contributed by atoms with van der Waals surface area (Å²) >= 11 is 0. The van der Waals surface area contributed by atoms with Gasteiger partial charge in [-0.1, -0.05) is 11.6 Å². The Morgan fingerprint density at radius 3 is 2.85 bits per heavy atom. The summed E-state index contributed by atoms with van der Waals surface area (Å²) in [7, 11) is 0. The third-order valence-corrected chi connectivity index (χ3v) is 4.79. The molecule has 0 atom stereocenters. The Labute approximate surface area is 158 Å². The topological polar surface area (TPSA) is 72.5 Å². The number of rotatable bonds is 6. The summed E-state index contributed by atoms with van der Waals surface area (Å²) < 4.78 is 10.7. The van der Waals surface area contributed by atoms with Gasteiger partial charge in [0.25, 0.3) is 5.91 Å². The number of amides is 1. The van der Waals surface area contributed by atoms with Crippen LogP contribution in [0.5, 0.6) is 11.5 Å². The van der Waals surface area contributed by atoms with Gasteiger partial charge in [-0.25, -0.2) is 4.98 Å². The fourth-order valence-electron chi connectivity index (χ4n) is 3.29. The molecule has 0 unspecified atom stereocenters. The van der Waals surface area contributed by atoms with E-state index < -0.39 is 0 Å². The summed E-state index contributed by atoms with van der Waals surface area (Å²) in [6.45, 7) is 0.917. The number of ether oxygens (including phenoxy) is 2. The highest BCUT2D eigenvalue weighted by atomic mass is 16.7. The molecule has 2 heterocycles. The first-order valence-corrected chi connectivity index (χ1v) is 9.37. The van der Waals surface area contributed by atoms with E-state index in [2.05, 4.69) is 21.7 Å². The summed E-state index contributed by atoms with van der Waals surface area (Å²) in [6.07, 6.45) is 9.72. The molecule has 140 valence electrons. The fourth-order valence-corrected chi connectivity index (χ4v) is 3.29. The van der Waals surface area contributed by atoms with Crippen molar-refractivity contribution in [2.75, 3.05) is 18.7 Å². The van der Waals surface area contributed by atoms with Gasteiger partial charge in [-0.2, -0.15) is 0 Å². The second-order valence-corrected chi connectivity index (χ2v) is 6.74. The Hall–Kier alpha value is -3.02. The largest absolute Gasteiger partial charge is 0.454 e. The zero-order valence-corrected chi connectivity index (χ0v) is 15.2. The van der Waals surface area contributed by atoms with Gasteiger partial charge in [0.15, 0.2) is 11.5 Å². The molecule has 6 nitrogen and oxygen atoms in total. The number of hydrogen-bond acceptors (Lipinski definition) is 5. The summed E-state index contributed by atoms with van der Waals surface area (Å²) in [5.41, 5.74) is 2.87. The SMILES string of the molecule is O=C(NCCC1=CCCCC1)c1ccc(Nc2ccc3c(c2)OCO3)nc1. The van der Waals surface area contributed by atoms with Crippen molar-refractivity contribution >= 4 is 17.4 Å². The van der Waals surface area contributed by atoms with Crippen LogP contribution in [0.25, 0.3) is 0 Å². The van der Waals surface area contributed by atoms with Crippen LogP contribution in [0.1, 0.15) is 42.5 Å². The fraction of sp³-hybridized carbons (Fsp3) is 0.333. The zero-order valence-electron chi connectivity index (χ0n) is 15.2. The molecule has 6 heteroatoms. The molecule has 0 radical (unpaired) electrons. The first-order chi connectivity index (χ1) is 13.3. The third kappa shape index (κ3) is 4.39. The molecule has 0 fully saturated rings. The maximum Gasteiger partial charge on any atom is 0.252 e. The molecule has 27 heavy (non-hydrogen) atoms. The average molecular weight is 365 g/mol. The normalized spacial score (nSPS) is 15.2. The predicted molar refractivity (Wildman–Crippen MR) is 104 cm³/mol. The number of nitrogens with zero attached hydrogens (tertiary/aromatic N) is 1. The minimum Gasteiger partial charge on any atom is -0.454 e. The van der Waals surface area contributed by atoms with E-state index in [4.69, 9.17) is 9.47 Å². The van der Waals surface area contributed by atoms with E-state index >= 15 is 0 Å². The Morgan fingerprint density at radius 2 is 2.04 bits per heavy atom. The van der Waals surface area contributed by atoms with E-state index in [1.165, 1.54) is 24.8 Å². The maximum atomic E-state index is 12.3. The number of hydrogen-bond donors (Lipinski definition) is 2. The van der Waals surface area contributed by atoms with Gasteiger partial charge >= 0.3 is 0 Å². The number of pyridine rings is 1. The van der Waals surface area contributed by atoms with E-state index in [9.17, 15) is 4.79 Å². The van der Waals surface area contributed by atoms with Crippen molar-refractivity contribution in [3.05, 3.63) is 53.7 Å². The van der Waals surface area contributed by atoms with Gasteiger partial charge in [-0.05, 0) is 56.4 Å². The minimum atomic E-state index is -0.0893. The van der Waals surface area contributed by atoms with Gasteiger partial charge in [0, 0.05) is 24.5 Å². The van der Waals surface area contributed by atoms with Gasteiger partial charge in [0.1, 0.15) is 5.82 Å². The minimum absolute atomic E-state index is 0.0893. The first kappa shape index (κ1) is 17.4. The van der Waals surface area contributed by atoms with Crippen LogP contribution in [0.3, 0.4) is 0 Å². The highest BCUT2D eigenvalue weighted by molar-refractivity contribution is 5.94. The van der Waals surface area contributed by atoms with Gasteiger partial charge in [0.2, 0.25) is 6.79 Å². The average Bonchev–Trinajstić information content (AvgIpc) is 3.17. The van der Waals surface area contributed by atoms with Crippen LogP contribution < -0.4 is 20.1 Å². The van der Waals surface area contributed by atoms with E-state index in [1.54, 1.807) is 18.3 Å². The second kappa shape index (κ2) is 8.12. The molecule has 1 aromatic carbocycles. The molecule has 0 spiro atoms. The number of carbonyl (C=O) groups is 1. The Balaban J connectivity index is 1.30.